The van der Waals surface area contributed by atoms with Crippen molar-refractivity contribution >= 4 is 17.6 Å². The summed E-state index contributed by atoms with van der Waals surface area (Å²) in [6, 6.07) is 13.3. The number of piperazine rings is 1. The van der Waals surface area contributed by atoms with Crippen molar-refractivity contribution in [1.29, 1.82) is 0 Å². The molecule has 0 atom stereocenters. The van der Waals surface area contributed by atoms with Crippen molar-refractivity contribution in [2.45, 2.75) is 6.54 Å². The minimum atomic E-state index is -0.977. The van der Waals surface area contributed by atoms with Gasteiger partial charge < -0.3 is 15.3 Å². The molecule has 0 radical (unpaired) electrons. The largest absolute Gasteiger partial charge is 0.478 e. The molecule has 160 valence electrons. The van der Waals surface area contributed by atoms with Crippen LogP contribution in [0.1, 0.15) is 15.9 Å². The summed E-state index contributed by atoms with van der Waals surface area (Å²) in [6.07, 6.45) is 1.61. The Labute approximate surface area is 180 Å². The van der Waals surface area contributed by atoms with Crippen LogP contribution in [0.25, 0.3) is 11.3 Å². The minimum Gasteiger partial charge on any atom is -0.478 e. The fraction of sp³-hybridized carbons (Fsp3) is 0.261. The Kier molecular flexibility index (Phi) is 6.20. The van der Waals surface area contributed by atoms with Gasteiger partial charge in [-0.05, 0) is 37.4 Å². The summed E-state index contributed by atoms with van der Waals surface area (Å²) in [5.41, 5.74) is 2.86. The molecule has 0 spiro atoms. The summed E-state index contributed by atoms with van der Waals surface area (Å²) < 4.78 is 14.7. The van der Waals surface area contributed by atoms with Crippen LogP contribution in [0.15, 0.2) is 54.7 Å². The lowest BCUT2D eigenvalue weighted by atomic mass is 10.1. The lowest BCUT2D eigenvalue weighted by Crippen LogP contribution is -2.44. The van der Waals surface area contributed by atoms with Crippen LogP contribution in [0, 0.1) is 5.82 Å². The molecule has 8 heteroatoms. The molecule has 2 N–H and O–H groups in total. The van der Waals surface area contributed by atoms with Gasteiger partial charge in [0.1, 0.15) is 5.82 Å². The Hall–Kier alpha value is -3.36. The van der Waals surface area contributed by atoms with E-state index in [1.165, 1.54) is 18.2 Å². The maximum Gasteiger partial charge on any atom is 0.335 e. The topological polar surface area (TPSA) is 81.6 Å². The second-order valence-electron chi connectivity index (χ2n) is 7.66. The molecular formula is C23H24FN5O2. The van der Waals surface area contributed by atoms with Gasteiger partial charge >= 0.3 is 5.97 Å². The van der Waals surface area contributed by atoms with Crippen molar-refractivity contribution in [3.05, 3.63) is 71.7 Å². The lowest BCUT2D eigenvalue weighted by Gasteiger charge is -2.32. The highest BCUT2D eigenvalue weighted by Crippen LogP contribution is 2.22. The van der Waals surface area contributed by atoms with Gasteiger partial charge in [0.15, 0.2) is 0 Å². The van der Waals surface area contributed by atoms with Crippen LogP contribution in [0.3, 0.4) is 0 Å². The number of hydrogen-bond acceptors (Lipinski definition) is 6. The number of nitrogens with one attached hydrogen (secondary N) is 1. The first-order chi connectivity index (χ1) is 15.0. The van der Waals surface area contributed by atoms with Gasteiger partial charge in [-0.2, -0.15) is 0 Å². The Morgan fingerprint density at radius 1 is 1.10 bits per heavy atom. The average Bonchev–Trinajstić information content (AvgIpc) is 2.77. The standard InChI is InChI=1S/C23H24FN5O2/c1-28-10-12-29(13-11-28)15-18-6-7-19(14-20(18)24)26-23-25-9-8-21(27-23)16-2-4-17(5-3-16)22(30)31/h2-9,14H,10-13,15H2,1H3,(H,30,31)(H,25,26,27). The fourth-order valence-electron chi connectivity index (χ4n) is 3.49. The molecule has 0 unspecified atom stereocenters. The predicted molar refractivity (Wildman–Crippen MR) is 117 cm³/mol. The van der Waals surface area contributed by atoms with E-state index in [4.69, 9.17) is 5.11 Å². The van der Waals surface area contributed by atoms with Crippen molar-refractivity contribution in [3.63, 3.8) is 0 Å². The minimum absolute atomic E-state index is 0.211. The van der Waals surface area contributed by atoms with Crippen LogP contribution < -0.4 is 5.32 Å². The maximum atomic E-state index is 14.7. The highest BCUT2D eigenvalue weighted by molar-refractivity contribution is 5.88. The predicted octanol–water partition coefficient (Wildman–Crippen LogP) is 3.47. The second kappa shape index (κ2) is 9.20. The van der Waals surface area contributed by atoms with Crippen molar-refractivity contribution in [2.75, 3.05) is 38.5 Å². The normalized spacial score (nSPS) is 15.0. The molecule has 1 aromatic heterocycles. The third-order valence-electron chi connectivity index (χ3n) is 5.38. The van der Waals surface area contributed by atoms with E-state index < -0.39 is 5.97 Å². The average molecular weight is 421 g/mol. The summed E-state index contributed by atoms with van der Waals surface area (Å²) in [4.78, 5) is 24.2. The first-order valence-electron chi connectivity index (χ1n) is 10.1. The third-order valence-corrected chi connectivity index (χ3v) is 5.38. The summed E-state index contributed by atoms with van der Waals surface area (Å²) in [6.45, 7) is 4.45. The first kappa shape index (κ1) is 20.9. The number of hydrogen-bond donors (Lipinski definition) is 2. The van der Waals surface area contributed by atoms with Crippen LogP contribution in [-0.2, 0) is 6.54 Å². The number of carboxylic acid groups (broad SMARTS) is 1. The zero-order chi connectivity index (χ0) is 21.8. The SMILES string of the molecule is CN1CCN(Cc2ccc(Nc3nccc(-c4ccc(C(=O)O)cc4)n3)cc2F)CC1. The van der Waals surface area contributed by atoms with Gasteiger partial charge in [-0.15, -0.1) is 0 Å². The molecule has 7 nitrogen and oxygen atoms in total. The number of aromatic carboxylic acids is 1. The van der Waals surface area contributed by atoms with Crippen LogP contribution in [0.4, 0.5) is 16.0 Å². The lowest BCUT2D eigenvalue weighted by molar-refractivity contribution is 0.0697. The van der Waals surface area contributed by atoms with Crippen molar-refractivity contribution in [1.82, 2.24) is 19.8 Å². The monoisotopic (exact) mass is 421 g/mol. The van der Waals surface area contributed by atoms with Gasteiger partial charge in [0.25, 0.3) is 0 Å². The molecular weight excluding hydrogens is 397 g/mol. The van der Waals surface area contributed by atoms with E-state index >= 15 is 0 Å². The van der Waals surface area contributed by atoms with Crippen molar-refractivity contribution in [2.24, 2.45) is 0 Å². The smallest absolute Gasteiger partial charge is 0.335 e. The molecule has 1 aliphatic rings. The number of halogens is 1. The molecule has 0 amide bonds. The Morgan fingerprint density at radius 3 is 2.52 bits per heavy atom. The number of benzene rings is 2. The van der Waals surface area contributed by atoms with E-state index in [0.29, 0.717) is 29.4 Å². The van der Waals surface area contributed by atoms with Gasteiger partial charge in [-0.3, -0.25) is 4.90 Å². The number of carbonyl (C=O) groups is 1. The third kappa shape index (κ3) is 5.22. The zero-order valence-electron chi connectivity index (χ0n) is 17.3. The van der Waals surface area contributed by atoms with E-state index in [1.807, 2.05) is 6.07 Å². The molecule has 1 aliphatic heterocycles. The Bertz CT molecular complexity index is 1070. The number of anilines is 2. The number of rotatable bonds is 6. The molecule has 31 heavy (non-hydrogen) atoms. The van der Waals surface area contributed by atoms with Crippen LogP contribution >= 0.6 is 0 Å². The van der Waals surface area contributed by atoms with Gasteiger partial charge in [0.05, 0.1) is 11.3 Å². The van der Waals surface area contributed by atoms with Gasteiger partial charge in [-0.25, -0.2) is 19.2 Å². The molecule has 0 aliphatic carbocycles. The molecule has 3 aromatic rings. The van der Waals surface area contributed by atoms with Gasteiger partial charge in [-0.1, -0.05) is 18.2 Å². The van der Waals surface area contributed by atoms with E-state index in [-0.39, 0.29) is 11.4 Å². The number of aromatic nitrogens is 2. The van der Waals surface area contributed by atoms with Crippen LogP contribution in [0.2, 0.25) is 0 Å². The molecule has 2 heterocycles. The maximum absolute atomic E-state index is 14.7. The molecule has 4 rings (SSSR count). The molecule has 1 fully saturated rings. The Balaban J connectivity index is 1.45. The summed E-state index contributed by atoms with van der Waals surface area (Å²) in [5, 5.41) is 12.1. The number of likely N-dealkylation sites (N-methyl/N-ethyl adjacent to an activating group) is 1. The van der Waals surface area contributed by atoms with E-state index in [1.54, 1.807) is 30.5 Å². The molecule has 2 aromatic carbocycles. The number of carboxylic acids is 1. The number of nitrogens with zero attached hydrogens (tertiary/aromatic N) is 4. The highest BCUT2D eigenvalue weighted by atomic mass is 19.1. The van der Waals surface area contributed by atoms with Gasteiger partial charge in [0, 0.05) is 55.7 Å². The molecule has 0 saturated carbocycles. The van der Waals surface area contributed by atoms with Crippen LogP contribution in [-0.4, -0.2) is 64.1 Å². The van der Waals surface area contributed by atoms with Gasteiger partial charge in [0.2, 0.25) is 5.95 Å². The summed E-state index contributed by atoms with van der Waals surface area (Å²) in [5.74, 6) is -0.898. The van der Waals surface area contributed by atoms with E-state index in [9.17, 15) is 9.18 Å². The molecule has 0 bridgehead atoms. The molecule has 1 saturated heterocycles. The van der Waals surface area contributed by atoms with E-state index in [2.05, 4.69) is 32.1 Å². The highest BCUT2D eigenvalue weighted by Gasteiger charge is 2.16. The zero-order valence-corrected chi connectivity index (χ0v) is 17.3. The first-order valence-corrected chi connectivity index (χ1v) is 10.1. The van der Waals surface area contributed by atoms with Crippen molar-refractivity contribution in [3.8, 4) is 11.3 Å². The van der Waals surface area contributed by atoms with Crippen LogP contribution in [0.5, 0.6) is 0 Å². The summed E-state index contributed by atoms with van der Waals surface area (Å²) in [7, 11) is 2.10. The second-order valence-corrected chi connectivity index (χ2v) is 7.66. The Morgan fingerprint density at radius 2 is 1.84 bits per heavy atom. The quantitative estimate of drug-likeness (QED) is 0.631. The van der Waals surface area contributed by atoms with E-state index in [0.717, 1.165) is 31.7 Å². The van der Waals surface area contributed by atoms with Crippen molar-refractivity contribution < 1.29 is 14.3 Å². The summed E-state index contributed by atoms with van der Waals surface area (Å²) >= 11 is 0. The fourth-order valence-corrected chi connectivity index (χ4v) is 3.49.